The van der Waals surface area contributed by atoms with Crippen LogP contribution in [-0.2, 0) is 19.5 Å². The molecule has 0 spiro atoms. The maximum absolute atomic E-state index is 6.36. The lowest BCUT2D eigenvalue weighted by Gasteiger charge is -2.18. The maximum atomic E-state index is 6.36. The van der Waals surface area contributed by atoms with E-state index in [4.69, 9.17) is 23.2 Å². The summed E-state index contributed by atoms with van der Waals surface area (Å²) in [4.78, 5) is 0. The molecule has 0 atom stereocenters. The summed E-state index contributed by atoms with van der Waals surface area (Å²) in [6.45, 7) is 2.72. The van der Waals surface area contributed by atoms with Crippen molar-refractivity contribution < 1.29 is 0 Å². The Kier molecular flexibility index (Phi) is 4.36. The van der Waals surface area contributed by atoms with Gasteiger partial charge in [-0.2, -0.15) is 0 Å². The number of nitrogens with zero attached hydrogens (tertiary/aromatic N) is 1. The van der Waals surface area contributed by atoms with E-state index in [1.807, 2.05) is 30.3 Å². The number of nitrogens with one attached hydrogen (secondary N) is 1. The number of rotatable bonds is 3. The molecule has 0 radical (unpaired) electrons. The molecule has 4 heteroatoms. The van der Waals surface area contributed by atoms with E-state index in [1.165, 1.54) is 22.4 Å². The third-order valence-corrected chi connectivity index (χ3v) is 5.22. The molecule has 1 aliphatic rings. The van der Waals surface area contributed by atoms with Crippen LogP contribution >= 0.6 is 23.2 Å². The van der Waals surface area contributed by atoms with Gasteiger partial charge in [0.2, 0.25) is 0 Å². The van der Waals surface area contributed by atoms with Crippen molar-refractivity contribution in [3.8, 4) is 11.1 Å². The minimum atomic E-state index is 0.765. The molecule has 1 aromatic heterocycles. The lowest BCUT2D eigenvalue weighted by molar-refractivity contribution is 0.607. The van der Waals surface area contributed by atoms with Crippen LogP contribution in [0.1, 0.15) is 16.8 Å². The zero-order valence-corrected chi connectivity index (χ0v) is 14.7. The van der Waals surface area contributed by atoms with Crippen LogP contribution in [0.4, 0.5) is 0 Å². The first-order valence-electron chi connectivity index (χ1n) is 8.13. The van der Waals surface area contributed by atoms with Crippen molar-refractivity contribution in [3.05, 3.63) is 81.6 Å². The molecule has 122 valence electrons. The highest BCUT2D eigenvalue weighted by atomic mass is 35.5. The molecule has 0 fully saturated rings. The molecular weight excluding hydrogens is 339 g/mol. The molecule has 0 bridgehead atoms. The van der Waals surface area contributed by atoms with Gasteiger partial charge >= 0.3 is 0 Å². The average molecular weight is 357 g/mol. The Morgan fingerprint density at radius 1 is 1.00 bits per heavy atom. The van der Waals surface area contributed by atoms with Gasteiger partial charge in [-0.25, -0.2) is 0 Å². The lowest BCUT2D eigenvalue weighted by Crippen LogP contribution is -2.25. The summed E-state index contributed by atoms with van der Waals surface area (Å²) in [6, 6.07) is 16.1. The quantitative estimate of drug-likeness (QED) is 0.685. The van der Waals surface area contributed by atoms with Gasteiger partial charge in [-0.05, 0) is 34.9 Å². The molecule has 2 nitrogen and oxygen atoms in total. The van der Waals surface area contributed by atoms with Gasteiger partial charge in [0.25, 0.3) is 0 Å². The Bertz CT molecular complexity index is 866. The van der Waals surface area contributed by atoms with E-state index in [0.29, 0.717) is 0 Å². The Balaban J connectivity index is 1.78. The fourth-order valence-corrected chi connectivity index (χ4v) is 3.70. The minimum Gasteiger partial charge on any atom is -0.346 e. The highest BCUT2D eigenvalue weighted by molar-refractivity contribution is 6.31. The van der Waals surface area contributed by atoms with Crippen LogP contribution in [0.5, 0.6) is 0 Å². The standard InChI is InChI=1S/C20H18Cl2N2/c21-16-7-5-14(6-8-16)18-13-24(20-9-10-23-11-17(18)20)12-15-3-1-2-4-19(15)22/h1-8,13,23H,9-12H2. The maximum Gasteiger partial charge on any atom is 0.0488 e. The van der Waals surface area contributed by atoms with Gasteiger partial charge in [0.15, 0.2) is 0 Å². The Labute approximate surface area is 152 Å². The van der Waals surface area contributed by atoms with Crippen molar-refractivity contribution in [1.29, 1.82) is 0 Å². The van der Waals surface area contributed by atoms with Gasteiger partial charge < -0.3 is 9.88 Å². The molecule has 1 N–H and O–H groups in total. The Morgan fingerprint density at radius 2 is 1.79 bits per heavy atom. The van der Waals surface area contributed by atoms with Crippen molar-refractivity contribution in [2.24, 2.45) is 0 Å². The first-order chi connectivity index (χ1) is 11.7. The first-order valence-corrected chi connectivity index (χ1v) is 8.89. The van der Waals surface area contributed by atoms with Crippen molar-refractivity contribution in [3.63, 3.8) is 0 Å². The van der Waals surface area contributed by atoms with Crippen LogP contribution in [0.3, 0.4) is 0 Å². The number of halogens is 2. The summed E-state index contributed by atoms with van der Waals surface area (Å²) in [6.07, 6.45) is 3.29. The van der Waals surface area contributed by atoms with Gasteiger partial charge in [-0.3, -0.25) is 0 Å². The summed E-state index contributed by atoms with van der Waals surface area (Å²) in [7, 11) is 0. The van der Waals surface area contributed by atoms with E-state index in [0.717, 1.165) is 41.7 Å². The van der Waals surface area contributed by atoms with Crippen LogP contribution in [0.25, 0.3) is 11.1 Å². The second kappa shape index (κ2) is 6.64. The highest BCUT2D eigenvalue weighted by Gasteiger charge is 2.20. The first kappa shape index (κ1) is 15.8. The second-order valence-corrected chi connectivity index (χ2v) is 6.96. The molecule has 1 aliphatic heterocycles. The predicted molar refractivity (Wildman–Crippen MR) is 101 cm³/mol. The van der Waals surface area contributed by atoms with Crippen LogP contribution in [0, 0.1) is 0 Å². The van der Waals surface area contributed by atoms with Crippen LogP contribution < -0.4 is 5.32 Å². The largest absolute Gasteiger partial charge is 0.346 e. The van der Waals surface area contributed by atoms with Crippen molar-refractivity contribution >= 4 is 23.2 Å². The van der Waals surface area contributed by atoms with Gasteiger partial charge in [0.05, 0.1) is 0 Å². The molecule has 2 heterocycles. The summed E-state index contributed by atoms with van der Waals surface area (Å²) < 4.78 is 2.35. The third kappa shape index (κ3) is 2.98. The molecule has 24 heavy (non-hydrogen) atoms. The molecule has 0 saturated heterocycles. The smallest absolute Gasteiger partial charge is 0.0488 e. The van der Waals surface area contributed by atoms with Crippen molar-refractivity contribution in [1.82, 2.24) is 9.88 Å². The predicted octanol–water partition coefficient (Wildman–Crippen LogP) is 5.16. The molecule has 0 aliphatic carbocycles. The van der Waals surface area contributed by atoms with E-state index in [1.54, 1.807) is 0 Å². The van der Waals surface area contributed by atoms with E-state index in [2.05, 4.69) is 34.3 Å². The van der Waals surface area contributed by atoms with E-state index >= 15 is 0 Å². The van der Waals surface area contributed by atoms with E-state index in [-0.39, 0.29) is 0 Å². The van der Waals surface area contributed by atoms with Gasteiger partial charge in [0, 0.05) is 53.6 Å². The summed E-state index contributed by atoms with van der Waals surface area (Å²) in [5.74, 6) is 0. The normalized spacial score (nSPS) is 13.8. The van der Waals surface area contributed by atoms with Gasteiger partial charge in [-0.15, -0.1) is 0 Å². The molecule has 4 rings (SSSR count). The number of benzene rings is 2. The Morgan fingerprint density at radius 3 is 2.58 bits per heavy atom. The molecule has 0 saturated carbocycles. The zero-order chi connectivity index (χ0) is 16.5. The third-order valence-electron chi connectivity index (χ3n) is 4.60. The molecular formula is C20H18Cl2N2. The number of hydrogen-bond donors (Lipinski definition) is 1. The minimum absolute atomic E-state index is 0.765. The van der Waals surface area contributed by atoms with Gasteiger partial charge in [-0.1, -0.05) is 53.5 Å². The molecule has 0 amide bonds. The monoisotopic (exact) mass is 356 g/mol. The number of aromatic nitrogens is 1. The fourth-order valence-electron chi connectivity index (χ4n) is 3.38. The Hall–Kier alpha value is -1.74. The highest BCUT2D eigenvalue weighted by Crippen LogP contribution is 2.32. The topological polar surface area (TPSA) is 17.0 Å². The van der Waals surface area contributed by atoms with Crippen molar-refractivity contribution in [2.45, 2.75) is 19.5 Å². The SMILES string of the molecule is Clc1ccc(-c2cn(Cc3ccccc3Cl)c3c2CNCC3)cc1. The summed E-state index contributed by atoms with van der Waals surface area (Å²) in [5, 5.41) is 5.07. The van der Waals surface area contributed by atoms with Crippen molar-refractivity contribution in [2.75, 3.05) is 6.54 Å². The fraction of sp³-hybridized carbons (Fsp3) is 0.200. The molecule has 0 unspecified atom stereocenters. The molecule has 2 aromatic carbocycles. The van der Waals surface area contributed by atoms with E-state index < -0.39 is 0 Å². The summed E-state index contributed by atoms with van der Waals surface area (Å²) >= 11 is 12.4. The van der Waals surface area contributed by atoms with Crippen LogP contribution in [0.2, 0.25) is 10.0 Å². The number of fused-ring (bicyclic) bond motifs is 1. The average Bonchev–Trinajstić information content (AvgIpc) is 2.97. The van der Waals surface area contributed by atoms with Gasteiger partial charge in [0.1, 0.15) is 0 Å². The second-order valence-electron chi connectivity index (χ2n) is 6.12. The zero-order valence-electron chi connectivity index (χ0n) is 13.2. The number of hydrogen-bond acceptors (Lipinski definition) is 1. The lowest BCUT2D eigenvalue weighted by atomic mass is 10.00. The van der Waals surface area contributed by atoms with Crippen LogP contribution in [0.15, 0.2) is 54.7 Å². The molecule has 3 aromatic rings. The summed E-state index contributed by atoms with van der Waals surface area (Å²) in [5.41, 5.74) is 6.42. The van der Waals surface area contributed by atoms with E-state index in [9.17, 15) is 0 Å². The van der Waals surface area contributed by atoms with Crippen LogP contribution in [-0.4, -0.2) is 11.1 Å².